The fourth-order valence-corrected chi connectivity index (χ4v) is 2.04. The number of carbonyl (C=O) groups excluding carboxylic acids is 1. The van der Waals surface area contributed by atoms with Gasteiger partial charge in [-0.05, 0) is 27.7 Å². The van der Waals surface area contributed by atoms with Gasteiger partial charge in [-0.2, -0.15) is 5.10 Å². The molecule has 0 radical (unpaired) electrons. The smallest absolute Gasteiger partial charge is 0.221 e. The number of hydrogen-bond donors (Lipinski definition) is 2. The van der Waals surface area contributed by atoms with Crippen LogP contribution >= 0.6 is 0 Å². The molecule has 6 nitrogen and oxygen atoms in total. The first-order valence-electron chi connectivity index (χ1n) is 7.16. The van der Waals surface area contributed by atoms with E-state index >= 15 is 0 Å². The summed E-state index contributed by atoms with van der Waals surface area (Å²) in [5, 5.41) is 10.5. The molecule has 2 N–H and O–H groups in total. The van der Waals surface area contributed by atoms with Crippen LogP contribution in [0.5, 0.6) is 0 Å². The minimum Gasteiger partial charge on any atom is -0.351 e. The van der Waals surface area contributed by atoms with Gasteiger partial charge in [-0.1, -0.05) is 0 Å². The van der Waals surface area contributed by atoms with Crippen LogP contribution in [0.1, 0.15) is 38.4 Å². The van der Waals surface area contributed by atoms with Crippen LogP contribution in [0.15, 0.2) is 18.5 Å². The molecule has 2 heterocycles. The summed E-state index contributed by atoms with van der Waals surface area (Å²) in [7, 11) is 0. The van der Waals surface area contributed by atoms with Crippen molar-refractivity contribution in [1.82, 2.24) is 25.2 Å². The molecule has 0 atom stereocenters. The highest BCUT2D eigenvalue weighted by Crippen LogP contribution is 2.04. The predicted octanol–water partition coefficient (Wildman–Crippen LogP) is 1.43. The van der Waals surface area contributed by atoms with E-state index in [4.69, 9.17) is 0 Å². The van der Waals surface area contributed by atoms with Gasteiger partial charge >= 0.3 is 0 Å². The van der Waals surface area contributed by atoms with Crippen molar-refractivity contribution in [1.29, 1.82) is 0 Å². The Morgan fingerprint density at radius 3 is 2.86 bits per heavy atom. The van der Waals surface area contributed by atoms with Gasteiger partial charge in [-0.15, -0.1) is 0 Å². The molecule has 2 aromatic heterocycles. The maximum absolute atomic E-state index is 11.7. The van der Waals surface area contributed by atoms with Gasteiger partial charge in [0.1, 0.15) is 0 Å². The number of nitrogens with one attached hydrogen (secondary N) is 2. The van der Waals surface area contributed by atoms with E-state index in [-0.39, 0.29) is 11.4 Å². The molecule has 6 heteroatoms. The minimum absolute atomic E-state index is 0.0614. The summed E-state index contributed by atoms with van der Waals surface area (Å²) in [6.45, 7) is 9.19. The van der Waals surface area contributed by atoms with Crippen molar-refractivity contribution in [3.05, 3.63) is 29.7 Å². The van der Waals surface area contributed by atoms with Gasteiger partial charge in [0.15, 0.2) is 5.65 Å². The van der Waals surface area contributed by atoms with Crippen LogP contribution in [-0.2, 0) is 11.3 Å². The minimum atomic E-state index is -0.177. The van der Waals surface area contributed by atoms with E-state index in [0.29, 0.717) is 19.5 Å². The number of aryl methyl sites for hydroxylation is 1. The van der Waals surface area contributed by atoms with Crippen molar-refractivity contribution in [2.75, 3.05) is 6.54 Å². The third-order valence-corrected chi connectivity index (χ3v) is 2.86. The summed E-state index contributed by atoms with van der Waals surface area (Å²) < 4.78 is 1.78. The second kappa shape index (κ2) is 6.22. The average molecular weight is 289 g/mol. The molecule has 0 aliphatic heterocycles. The van der Waals surface area contributed by atoms with Crippen molar-refractivity contribution in [2.45, 2.75) is 46.2 Å². The summed E-state index contributed by atoms with van der Waals surface area (Å²) in [5.41, 5.74) is 2.67. The second-order valence-corrected chi connectivity index (χ2v) is 6.28. The molecule has 114 valence electrons. The van der Waals surface area contributed by atoms with Gasteiger partial charge in [0.05, 0.1) is 5.69 Å². The molecule has 0 aliphatic rings. The molecule has 0 aliphatic carbocycles. The molecule has 0 saturated heterocycles. The zero-order valence-corrected chi connectivity index (χ0v) is 13.1. The summed E-state index contributed by atoms with van der Waals surface area (Å²) in [6, 6.07) is 1.94. The fraction of sp³-hybridized carbons (Fsp3) is 0.533. The van der Waals surface area contributed by atoms with Gasteiger partial charge in [0.2, 0.25) is 5.91 Å². The third kappa shape index (κ3) is 4.82. The van der Waals surface area contributed by atoms with E-state index in [1.54, 1.807) is 4.52 Å². The monoisotopic (exact) mass is 289 g/mol. The van der Waals surface area contributed by atoms with E-state index in [0.717, 1.165) is 16.9 Å². The lowest BCUT2D eigenvalue weighted by atomic mass is 10.1. The van der Waals surface area contributed by atoms with Crippen LogP contribution in [0.25, 0.3) is 5.65 Å². The van der Waals surface area contributed by atoms with Crippen LogP contribution < -0.4 is 10.6 Å². The van der Waals surface area contributed by atoms with Crippen LogP contribution in [0.4, 0.5) is 0 Å². The molecule has 1 amide bonds. The Labute approximate surface area is 125 Å². The van der Waals surface area contributed by atoms with Crippen LogP contribution in [0.3, 0.4) is 0 Å². The van der Waals surface area contributed by atoms with E-state index in [2.05, 4.69) is 20.7 Å². The molecule has 2 aromatic rings. The molecule has 0 saturated carbocycles. The Morgan fingerprint density at radius 1 is 1.38 bits per heavy atom. The zero-order chi connectivity index (χ0) is 15.5. The lowest BCUT2D eigenvalue weighted by Crippen LogP contribution is -2.41. The lowest BCUT2D eigenvalue weighted by molar-refractivity contribution is -0.122. The van der Waals surface area contributed by atoms with E-state index in [9.17, 15) is 4.79 Å². The van der Waals surface area contributed by atoms with E-state index in [1.807, 2.05) is 46.2 Å². The quantitative estimate of drug-likeness (QED) is 0.817. The topological polar surface area (TPSA) is 71.3 Å². The van der Waals surface area contributed by atoms with Crippen molar-refractivity contribution in [3.8, 4) is 0 Å². The molecule has 0 fully saturated rings. The highest BCUT2D eigenvalue weighted by atomic mass is 16.1. The largest absolute Gasteiger partial charge is 0.351 e. The molecule has 0 aromatic carbocycles. The first kappa shape index (κ1) is 15.4. The van der Waals surface area contributed by atoms with Crippen LogP contribution in [-0.4, -0.2) is 32.6 Å². The maximum atomic E-state index is 11.7. The van der Waals surface area contributed by atoms with Crippen LogP contribution in [0.2, 0.25) is 0 Å². The van der Waals surface area contributed by atoms with E-state index in [1.165, 1.54) is 0 Å². The van der Waals surface area contributed by atoms with Crippen LogP contribution in [0, 0.1) is 6.92 Å². The lowest BCUT2D eigenvalue weighted by Gasteiger charge is -2.20. The van der Waals surface area contributed by atoms with Crippen molar-refractivity contribution >= 4 is 11.6 Å². The Bertz CT molecular complexity index is 627. The Kier molecular flexibility index (Phi) is 4.57. The molecular formula is C15H23N5O. The predicted molar refractivity (Wildman–Crippen MR) is 81.9 cm³/mol. The van der Waals surface area contributed by atoms with Crippen molar-refractivity contribution in [2.24, 2.45) is 0 Å². The Morgan fingerprint density at radius 2 is 2.14 bits per heavy atom. The summed E-state index contributed by atoms with van der Waals surface area (Å²) in [5.74, 6) is 0.0614. The van der Waals surface area contributed by atoms with Gasteiger partial charge in [-0.3, -0.25) is 4.79 Å². The number of fused-ring (bicyclic) bond motifs is 1. The second-order valence-electron chi connectivity index (χ2n) is 6.28. The highest BCUT2D eigenvalue weighted by Gasteiger charge is 2.12. The van der Waals surface area contributed by atoms with E-state index < -0.39 is 0 Å². The van der Waals surface area contributed by atoms with Gasteiger partial charge in [0, 0.05) is 49.1 Å². The van der Waals surface area contributed by atoms with Gasteiger partial charge in [-0.25, -0.2) is 9.50 Å². The fourth-order valence-electron chi connectivity index (χ4n) is 2.04. The summed E-state index contributed by atoms with van der Waals surface area (Å²) in [6.07, 6.45) is 4.25. The number of amides is 1. The van der Waals surface area contributed by atoms with Gasteiger partial charge in [0.25, 0.3) is 0 Å². The SMILES string of the molecule is Cc1cc2ncc(CNCCC(=O)NC(C)(C)C)cn2n1. The number of hydrogen-bond acceptors (Lipinski definition) is 4. The number of aromatic nitrogens is 3. The summed E-state index contributed by atoms with van der Waals surface area (Å²) in [4.78, 5) is 16.0. The summed E-state index contributed by atoms with van der Waals surface area (Å²) >= 11 is 0. The molecule has 2 rings (SSSR count). The molecule has 0 bridgehead atoms. The maximum Gasteiger partial charge on any atom is 0.221 e. The Balaban J connectivity index is 1.78. The average Bonchev–Trinajstić information content (AvgIpc) is 2.71. The number of rotatable bonds is 5. The molecular weight excluding hydrogens is 266 g/mol. The van der Waals surface area contributed by atoms with Crippen molar-refractivity contribution < 1.29 is 4.79 Å². The third-order valence-electron chi connectivity index (χ3n) is 2.86. The molecule has 0 unspecified atom stereocenters. The van der Waals surface area contributed by atoms with Gasteiger partial charge < -0.3 is 10.6 Å². The van der Waals surface area contributed by atoms with Crippen molar-refractivity contribution in [3.63, 3.8) is 0 Å². The number of nitrogens with zero attached hydrogens (tertiary/aromatic N) is 3. The number of carbonyl (C=O) groups is 1. The molecule has 0 spiro atoms. The first-order valence-corrected chi connectivity index (χ1v) is 7.16. The highest BCUT2D eigenvalue weighted by molar-refractivity contribution is 5.76. The standard InChI is InChI=1S/C15H23N5O/c1-11-7-13-17-9-12(10-20(13)19-11)8-16-6-5-14(21)18-15(2,3)4/h7,9-10,16H,5-6,8H2,1-4H3,(H,18,21). The first-order chi connectivity index (χ1) is 9.83. The zero-order valence-electron chi connectivity index (χ0n) is 13.1. The Hall–Kier alpha value is -1.95. The normalized spacial score (nSPS) is 11.8. The molecule has 21 heavy (non-hydrogen) atoms.